The fourth-order valence-corrected chi connectivity index (χ4v) is 3.12. The van der Waals surface area contributed by atoms with Gasteiger partial charge in [-0.2, -0.15) is 5.10 Å². The Labute approximate surface area is 175 Å². The number of pyridine rings is 1. The van der Waals surface area contributed by atoms with Crippen LogP contribution in [0.25, 0.3) is 23.0 Å². The highest BCUT2D eigenvalue weighted by molar-refractivity contribution is 5.92. The van der Waals surface area contributed by atoms with E-state index in [0.29, 0.717) is 6.54 Å². The summed E-state index contributed by atoms with van der Waals surface area (Å²) in [4.78, 5) is 18.4. The molecule has 0 radical (unpaired) electrons. The van der Waals surface area contributed by atoms with E-state index in [1.807, 2.05) is 72.4 Å². The third-order valence-electron chi connectivity index (χ3n) is 4.67. The SMILES string of the molecule is Cc1ccc(CN(C)C(=O)C=Cc2cn(-c3ccccc3)nc2-c2cccnc2)o1. The van der Waals surface area contributed by atoms with Crippen LogP contribution in [0.1, 0.15) is 17.1 Å². The Balaban J connectivity index is 1.60. The van der Waals surface area contributed by atoms with Crippen LogP contribution in [-0.4, -0.2) is 32.6 Å². The standard InChI is InChI=1S/C24H22N4O2/c1-18-10-12-22(30-18)17-27(2)23(29)13-11-20-16-28(21-8-4-3-5-9-21)26-24(20)19-7-6-14-25-15-19/h3-16H,17H2,1-2H3. The molecule has 1 aromatic carbocycles. The van der Waals surface area contributed by atoms with Gasteiger partial charge in [-0.05, 0) is 49.4 Å². The molecule has 0 aliphatic carbocycles. The summed E-state index contributed by atoms with van der Waals surface area (Å²) in [6.07, 6.45) is 8.75. The van der Waals surface area contributed by atoms with Crippen molar-refractivity contribution in [2.24, 2.45) is 0 Å². The summed E-state index contributed by atoms with van der Waals surface area (Å²) in [6.45, 7) is 2.30. The molecule has 0 saturated heterocycles. The molecular weight excluding hydrogens is 376 g/mol. The Hall–Kier alpha value is -3.93. The number of amides is 1. The quantitative estimate of drug-likeness (QED) is 0.448. The monoisotopic (exact) mass is 398 g/mol. The highest BCUT2D eigenvalue weighted by Gasteiger charge is 2.12. The van der Waals surface area contributed by atoms with E-state index >= 15 is 0 Å². The number of furan rings is 1. The van der Waals surface area contributed by atoms with Crippen molar-refractivity contribution in [2.75, 3.05) is 7.05 Å². The lowest BCUT2D eigenvalue weighted by Gasteiger charge is -2.13. The van der Waals surface area contributed by atoms with Gasteiger partial charge < -0.3 is 9.32 Å². The number of aryl methyl sites for hydroxylation is 1. The van der Waals surface area contributed by atoms with E-state index < -0.39 is 0 Å². The Morgan fingerprint density at radius 1 is 1.13 bits per heavy atom. The van der Waals surface area contributed by atoms with Crippen molar-refractivity contribution in [3.05, 3.63) is 96.3 Å². The maximum atomic E-state index is 12.6. The minimum absolute atomic E-state index is 0.117. The summed E-state index contributed by atoms with van der Waals surface area (Å²) in [6, 6.07) is 17.5. The summed E-state index contributed by atoms with van der Waals surface area (Å²) in [5.74, 6) is 1.47. The largest absolute Gasteiger partial charge is 0.464 e. The van der Waals surface area contributed by atoms with Gasteiger partial charge in [-0.25, -0.2) is 4.68 Å². The molecule has 150 valence electrons. The van der Waals surface area contributed by atoms with Crippen molar-refractivity contribution < 1.29 is 9.21 Å². The average Bonchev–Trinajstić information content (AvgIpc) is 3.39. The Bertz CT molecular complexity index is 1160. The molecule has 4 aromatic rings. The minimum atomic E-state index is -0.117. The normalized spacial score (nSPS) is 11.1. The van der Waals surface area contributed by atoms with E-state index in [1.54, 1.807) is 36.5 Å². The zero-order valence-corrected chi connectivity index (χ0v) is 16.9. The molecule has 30 heavy (non-hydrogen) atoms. The smallest absolute Gasteiger partial charge is 0.246 e. The van der Waals surface area contributed by atoms with Gasteiger partial charge in [0.15, 0.2) is 0 Å². The Morgan fingerprint density at radius 2 is 1.97 bits per heavy atom. The third-order valence-corrected chi connectivity index (χ3v) is 4.67. The molecule has 4 rings (SSSR count). The van der Waals surface area contributed by atoms with Crippen LogP contribution in [0.2, 0.25) is 0 Å². The molecule has 3 aromatic heterocycles. The number of aromatic nitrogens is 3. The van der Waals surface area contributed by atoms with Crippen LogP contribution in [-0.2, 0) is 11.3 Å². The molecule has 0 unspecified atom stereocenters. The second kappa shape index (κ2) is 8.61. The van der Waals surface area contributed by atoms with Crippen molar-refractivity contribution in [1.29, 1.82) is 0 Å². The van der Waals surface area contributed by atoms with E-state index in [1.165, 1.54) is 0 Å². The van der Waals surface area contributed by atoms with Crippen molar-refractivity contribution in [3.8, 4) is 16.9 Å². The molecule has 0 atom stereocenters. The number of para-hydroxylation sites is 1. The molecule has 3 heterocycles. The number of carbonyl (C=O) groups is 1. The number of hydrogen-bond acceptors (Lipinski definition) is 4. The van der Waals surface area contributed by atoms with Gasteiger partial charge in [0, 0.05) is 42.8 Å². The second-order valence-electron chi connectivity index (χ2n) is 6.99. The zero-order valence-electron chi connectivity index (χ0n) is 16.9. The fourth-order valence-electron chi connectivity index (χ4n) is 3.12. The van der Waals surface area contributed by atoms with Gasteiger partial charge in [-0.3, -0.25) is 9.78 Å². The molecule has 0 fully saturated rings. The number of nitrogens with zero attached hydrogens (tertiary/aromatic N) is 4. The van der Waals surface area contributed by atoms with Gasteiger partial charge in [0.2, 0.25) is 5.91 Å². The lowest BCUT2D eigenvalue weighted by atomic mass is 10.1. The number of benzene rings is 1. The van der Waals surface area contributed by atoms with Crippen molar-refractivity contribution >= 4 is 12.0 Å². The molecular formula is C24H22N4O2. The van der Waals surface area contributed by atoms with E-state index in [4.69, 9.17) is 9.52 Å². The summed E-state index contributed by atoms with van der Waals surface area (Å²) < 4.78 is 7.37. The van der Waals surface area contributed by atoms with E-state index in [-0.39, 0.29) is 5.91 Å². The van der Waals surface area contributed by atoms with Crippen LogP contribution >= 0.6 is 0 Å². The molecule has 6 heteroatoms. The molecule has 0 aliphatic heterocycles. The summed E-state index contributed by atoms with van der Waals surface area (Å²) in [5, 5.41) is 4.73. The number of rotatable bonds is 6. The predicted molar refractivity (Wildman–Crippen MR) is 116 cm³/mol. The molecule has 0 aliphatic rings. The molecule has 0 saturated carbocycles. The first kappa shape index (κ1) is 19.4. The molecule has 0 N–H and O–H groups in total. The van der Waals surface area contributed by atoms with Crippen LogP contribution in [0, 0.1) is 6.92 Å². The predicted octanol–water partition coefficient (Wildman–Crippen LogP) is 4.51. The van der Waals surface area contributed by atoms with Crippen LogP contribution in [0.15, 0.2) is 83.7 Å². The van der Waals surface area contributed by atoms with Crippen molar-refractivity contribution in [2.45, 2.75) is 13.5 Å². The Kier molecular flexibility index (Phi) is 5.57. The van der Waals surface area contributed by atoms with Gasteiger partial charge in [0.25, 0.3) is 0 Å². The van der Waals surface area contributed by atoms with Crippen molar-refractivity contribution in [1.82, 2.24) is 19.7 Å². The number of likely N-dealkylation sites (N-methyl/N-ethyl adjacent to an activating group) is 1. The maximum Gasteiger partial charge on any atom is 0.246 e. The van der Waals surface area contributed by atoms with Gasteiger partial charge in [-0.1, -0.05) is 18.2 Å². The fraction of sp³-hybridized carbons (Fsp3) is 0.125. The maximum absolute atomic E-state index is 12.6. The summed E-state index contributed by atoms with van der Waals surface area (Å²) >= 11 is 0. The van der Waals surface area contributed by atoms with Gasteiger partial charge in [0.1, 0.15) is 17.2 Å². The molecule has 0 bridgehead atoms. The van der Waals surface area contributed by atoms with E-state index in [2.05, 4.69) is 4.98 Å². The highest BCUT2D eigenvalue weighted by Crippen LogP contribution is 2.24. The second-order valence-corrected chi connectivity index (χ2v) is 6.99. The lowest BCUT2D eigenvalue weighted by Crippen LogP contribution is -2.23. The van der Waals surface area contributed by atoms with Gasteiger partial charge in [-0.15, -0.1) is 0 Å². The van der Waals surface area contributed by atoms with Crippen LogP contribution < -0.4 is 0 Å². The zero-order chi connectivity index (χ0) is 20.9. The van der Waals surface area contributed by atoms with E-state index in [0.717, 1.165) is 34.0 Å². The summed E-state index contributed by atoms with van der Waals surface area (Å²) in [5.41, 5.74) is 3.43. The molecule has 6 nitrogen and oxygen atoms in total. The van der Waals surface area contributed by atoms with Crippen LogP contribution in [0.5, 0.6) is 0 Å². The first-order valence-electron chi connectivity index (χ1n) is 9.64. The Morgan fingerprint density at radius 3 is 2.67 bits per heavy atom. The average molecular weight is 398 g/mol. The topological polar surface area (TPSA) is 64.2 Å². The van der Waals surface area contributed by atoms with Crippen LogP contribution in [0.3, 0.4) is 0 Å². The van der Waals surface area contributed by atoms with Gasteiger partial charge in [0.05, 0.1) is 12.2 Å². The molecule has 0 spiro atoms. The first-order chi connectivity index (χ1) is 14.6. The number of carbonyl (C=O) groups excluding carboxylic acids is 1. The molecule has 1 amide bonds. The summed E-state index contributed by atoms with van der Waals surface area (Å²) in [7, 11) is 1.75. The lowest BCUT2D eigenvalue weighted by molar-refractivity contribution is -0.125. The van der Waals surface area contributed by atoms with Crippen LogP contribution in [0.4, 0.5) is 0 Å². The minimum Gasteiger partial charge on any atom is -0.464 e. The highest BCUT2D eigenvalue weighted by atomic mass is 16.3. The van der Waals surface area contributed by atoms with Crippen molar-refractivity contribution in [3.63, 3.8) is 0 Å². The van der Waals surface area contributed by atoms with E-state index in [9.17, 15) is 4.79 Å². The first-order valence-corrected chi connectivity index (χ1v) is 9.64. The van der Waals surface area contributed by atoms with Gasteiger partial charge >= 0.3 is 0 Å². The number of hydrogen-bond donors (Lipinski definition) is 0. The third kappa shape index (κ3) is 4.38.